The molecule has 0 fully saturated rings. The average molecular weight is 500 g/mol. The van der Waals surface area contributed by atoms with Gasteiger partial charge in [-0.3, -0.25) is 10.1 Å². The molecule has 0 unspecified atom stereocenters. The second-order valence-electron chi connectivity index (χ2n) is 7.01. The van der Waals surface area contributed by atoms with Gasteiger partial charge < -0.3 is 0 Å². The zero-order valence-electron chi connectivity index (χ0n) is 17.5. The van der Waals surface area contributed by atoms with Crippen LogP contribution >= 0.6 is 34.7 Å². The van der Waals surface area contributed by atoms with Crippen molar-refractivity contribution in [1.29, 1.82) is 0 Å². The van der Waals surface area contributed by atoms with Crippen LogP contribution in [-0.4, -0.2) is 25.9 Å². The molecular weight excluding hydrogens is 481 g/mol. The fraction of sp³-hybridized carbons (Fsp3) is 0.130. The summed E-state index contributed by atoms with van der Waals surface area (Å²) in [5, 5.41) is 16.0. The van der Waals surface area contributed by atoms with E-state index in [9.17, 15) is 9.18 Å². The molecule has 168 valence electrons. The van der Waals surface area contributed by atoms with Crippen molar-refractivity contribution in [2.24, 2.45) is 0 Å². The SMILES string of the molecule is Cc1nn(Cc2ccccc2)c(Cl)c1C=CC(=O)Nc1nnc(SCc2ccccc2F)s1. The Morgan fingerprint density at radius 3 is 2.73 bits per heavy atom. The lowest BCUT2D eigenvalue weighted by Crippen LogP contribution is -2.07. The number of thioether (sulfide) groups is 1. The van der Waals surface area contributed by atoms with Crippen LogP contribution < -0.4 is 5.32 Å². The number of rotatable bonds is 8. The molecule has 1 amide bonds. The maximum absolute atomic E-state index is 13.7. The summed E-state index contributed by atoms with van der Waals surface area (Å²) in [6.07, 6.45) is 3.02. The second kappa shape index (κ2) is 10.7. The predicted octanol–water partition coefficient (Wildman–Crippen LogP) is 5.83. The number of hydrogen-bond donors (Lipinski definition) is 1. The topological polar surface area (TPSA) is 72.7 Å². The van der Waals surface area contributed by atoms with Gasteiger partial charge in [0.2, 0.25) is 11.0 Å². The molecule has 4 aromatic rings. The molecule has 0 radical (unpaired) electrons. The average Bonchev–Trinajstić information content (AvgIpc) is 3.36. The quantitative estimate of drug-likeness (QED) is 0.188. The summed E-state index contributed by atoms with van der Waals surface area (Å²) in [5.41, 5.74) is 3.07. The van der Waals surface area contributed by atoms with Crippen molar-refractivity contribution in [1.82, 2.24) is 20.0 Å². The van der Waals surface area contributed by atoms with Gasteiger partial charge in [0.05, 0.1) is 12.2 Å². The van der Waals surface area contributed by atoms with Crippen LogP contribution in [0.5, 0.6) is 0 Å². The van der Waals surface area contributed by atoms with Crippen LogP contribution in [0, 0.1) is 12.7 Å². The van der Waals surface area contributed by atoms with Crippen molar-refractivity contribution in [2.75, 3.05) is 5.32 Å². The molecule has 0 spiro atoms. The molecule has 2 aromatic heterocycles. The summed E-state index contributed by atoms with van der Waals surface area (Å²) in [7, 11) is 0. The minimum absolute atomic E-state index is 0.255. The fourth-order valence-corrected chi connectivity index (χ4v) is 5.04. The number of carbonyl (C=O) groups is 1. The first kappa shape index (κ1) is 23.2. The molecule has 1 N–H and O–H groups in total. The summed E-state index contributed by atoms with van der Waals surface area (Å²) in [4.78, 5) is 12.4. The first-order valence-electron chi connectivity index (χ1n) is 9.95. The molecule has 10 heteroatoms. The lowest BCUT2D eigenvalue weighted by atomic mass is 10.2. The van der Waals surface area contributed by atoms with Crippen LogP contribution in [0.4, 0.5) is 9.52 Å². The van der Waals surface area contributed by atoms with E-state index >= 15 is 0 Å². The highest BCUT2D eigenvalue weighted by atomic mass is 35.5. The van der Waals surface area contributed by atoms with Crippen LogP contribution in [0.1, 0.15) is 22.4 Å². The van der Waals surface area contributed by atoms with E-state index in [1.54, 1.807) is 29.0 Å². The highest BCUT2D eigenvalue weighted by Crippen LogP contribution is 2.29. The standard InChI is InChI=1S/C23H19ClFN5OS2/c1-15-18(21(24)30(29-15)13-16-7-3-2-4-8-16)11-12-20(31)26-22-27-28-23(33-22)32-14-17-9-5-6-10-19(17)25/h2-12H,13-14H2,1H3,(H,26,27,31). The van der Waals surface area contributed by atoms with Crippen molar-refractivity contribution in [3.05, 3.63) is 94.0 Å². The summed E-state index contributed by atoms with van der Waals surface area (Å²) in [6, 6.07) is 16.5. The minimum atomic E-state index is -0.358. The molecule has 2 heterocycles. The number of anilines is 1. The first-order chi connectivity index (χ1) is 16.0. The molecule has 0 aliphatic heterocycles. The van der Waals surface area contributed by atoms with Gasteiger partial charge in [0.25, 0.3) is 0 Å². The van der Waals surface area contributed by atoms with Gasteiger partial charge >= 0.3 is 0 Å². The van der Waals surface area contributed by atoms with Crippen molar-refractivity contribution < 1.29 is 9.18 Å². The molecule has 0 aliphatic rings. The van der Waals surface area contributed by atoms with Crippen LogP contribution in [0.15, 0.2) is 65.0 Å². The maximum atomic E-state index is 13.7. The molecule has 0 saturated heterocycles. The Labute approximate surface area is 203 Å². The largest absolute Gasteiger partial charge is 0.297 e. The smallest absolute Gasteiger partial charge is 0.250 e. The third kappa shape index (κ3) is 6.07. The summed E-state index contributed by atoms with van der Waals surface area (Å²) in [6.45, 7) is 2.38. The Bertz CT molecular complexity index is 1290. The van der Waals surface area contributed by atoms with Crippen molar-refractivity contribution in [2.45, 2.75) is 23.6 Å². The number of benzene rings is 2. The second-order valence-corrected chi connectivity index (χ2v) is 9.57. The number of aryl methyl sites for hydroxylation is 1. The van der Waals surface area contributed by atoms with Gasteiger partial charge in [-0.05, 0) is 30.2 Å². The minimum Gasteiger partial charge on any atom is -0.297 e. The third-order valence-electron chi connectivity index (χ3n) is 4.63. The molecule has 0 saturated carbocycles. The van der Waals surface area contributed by atoms with Gasteiger partial charge in [-0.1, -0.05) is 83.2 Å². The van der Waals surface area contributed by atoms with Gasteiger partial charge in [-0.15, -0.1) is 10.2 Å². The maximum Gasteiger partial charge on any atom is 0.250 e. The predicted molar refractivity (Wildman–Crippen MR) is 131 cm³/mol. The van der Waals surface area contributed by atoms with E-state index in [1.807, 2.05) is 37.3 Å². The number of aromatic nitrogens is 4. The van der Waals surface area contributed by atoms with E-state index in [0.29, 0.717) is 38.0 Å². The normalized spacial score (nSPS) is 11.2. The van der Waals surface area contributed by atoms with E-state index < -0.39 is 0 Å². The Hall–Kier alpha value is -3.01. The third-order valence-corrected chi connectivity index (χ3v) is 7.05. The fourth-order valence-electron chi connectivity index (χ4n) is 3.00. The number of hydrogen-bond acceptors (Lipinski definition) is 6. The summed E-state index contributed by atoms with van der Waals surface area (Å²) in [5.74, 6) is -0.183. The van der Waals surface area contributed by atoms with E-state index in [-0.39, 0.29) is 11.7 Å². The van der Waals surface area contributed by atoms with Crippen LogP contribution in [-0.2, 0) is 17.1 Å². The molecule has 0 bridgehead atoms. The number of carbonyl (C=O) groups excluding carboxylic acids is 1. The number of amides is 1. The van der Waals surface area contributed by atoms with Crippen molar-refractivity contribution in [3.8, 4) is 0 Å². The Morgan fingerprint density at radius 1 is 1.18 bits per heavy atom. The van der Waals surface area contributed by atoms with Gasteiger partial charge in [0.1, 0.15) is 11.0 Å². The van der Waals surface area contributed by atoms with Crippen molar-refractivity contribution in [3.63, 3.8) is 0 Å². The Morgan fingerprint density at radius 2 is 1.94 bits per heavy atom. The van der Waals surface area contributed by atoms with Gasteiger partial charge in [0, 0.05) is 17.4 Å². The molecule has 0 atom stereocenters. The van der Waals surface area contributed by atoms with Crippen LogP contribution in [0.3, 0.4) is 0 Å². The van der Waals surface area contributed by atoms with E-state index in [1.165, 1.54) is 35.2 Å². The molecular formula is C23H19ClFN5OS2. The summed E-state index contributed by atoms with van der Waals surface area (Å²) >= 11 is 9.08. The van der Waals surface area contributed by atoms with Crippen LogP contribution in [0.25, 0.3) is 6.08 Å². The van der Waals surface area contributed by atoms with Gasteiger partial charge in [-0.2, -0.15) is 5.10 Å². The summed E-state index contributed by atoms with van der Waals surface area (Å²) < 4.78 is 16.1. The number of nitrogens with zero attached hydrogens (tertiary/aromatic N) is 4. The zero-order chi connectivity index (χ0) is 23.2. The number of nitrogens with one attached hydrogen (secondary N) is 1. The molecule has 33 heavy (non-hydrogen) atoms. The van der Waals surface area contributed by atoms with E-state index in [2.05, 4.69) is 20.6 Å². The number of halogens is 2. The van der Waals surface area contributed by atoms with E-state index in [4.69, 9.17) is 11.6 Å². The Kier molecular flexibility index (Phi) is 7.54. The molecule has 6 nitrogen and oxygen atoms in total. The molecule has 4 rings (SSSR count). The van der Waals surface area contributed by atoms with E-state index in [0.717, 1.165) is 11.3 Å². The Balaban J connectivity index is 1.35. The molecule has 0 aliphatic carbocycles. The lowest BCUT2D eigenvalue weighted by Gasteiger charge is -2.03. The highest BCUT2D eigenvalue weighted by molar-refractivity contribution is 8.00. The van der Waals surface area contributed by atoms with Gasteiger partial charge in [0.15, 0.2) is 4.34 Å². The highest BCUT2D eigenvalue weighted by Gasteiger charge is 2.13. The van der Waals surface area contributed by atoms with Crippen LogP contribution in [0.2, 0.25) is 5.15 Å². The molecule has 2 aromatic carbocycles. The van der Waals surface area contributed by atoms with Crippen molar-refractivity contribution >= 4 is 51.8 Å². The monoisotopic (exact) mass is 499 g/mol. The first-order valence-corrected chi connectivity index (χ1v) is 12.1. The lowest BCUT2D eigenvalue weighted by molar-refractivity contribution is -0.111. The zero-order valence-corrected chi connectivity index (χ0v) is 19.9. The van der Waals surface area contributed by atoms with Gasteiger partial charge in [-0.25, -0.2) is 9.07 Å².